The van der Waals surface area contributed by atoms with Crippen molar-refractivity contribution >= 4 is 17.5 Å². The van der Waals surface area contributed by atoms with E-state index in [2.05, 4.69) is 0 Å². The average Bonchev–Trinajstić information content (AvgIpc) is 2.47. The van der Waals surface area contributed by atoms with Crippen molar-refractivity contribution < 1.29 is 13.9 Å². The van der Waals surface area contributed by atoms with E-state index in [1.54, 1.807) is 4.90 Å². The molecule has 19 heavy (non-hydrogen) atoms. The maximum absolute atomic E-state index is 13.3. The molecule has 104 valence electrons. The number of carbonyl (C=O) groups excluding carboxylic acids is 1. The number of rotatable bonds is 3. The number of hydrogen-bond acceptors (Lipinski definition) is 2. The van der Waals surface area contributed by atoms with Gasteiger partial charge < -0.3 is 9.64 Å². The number of likely N-dealkylation sites (tertiary alicyclic amines) is 1. The molecule has 1 fully saturated rings. The van der Waals surface area contributed by atoms with Crippen LogP contribution in [0.2, 0.25) is 0 Å². The lowest BCUT2D eigenvalue weighted by molar-refractivity contribution is 0.0698. The summed E-state index contributed by atoms with van der Waals surface area (Å²) < 4.78 is 18.2. The van der Waals surface area contributed by atoms with Gasteiger partial charge in [0.25, 0.3) is 5.91 Å². The molecule has 0 N–H and O–H groups in total. The number of ether oxygens (including phenoxy) is 1. The Bertz CT molecular complexity index is 459. The van der Waals surface area contributed by atoms with E-state index in [9.17, 15) is 9.18 Å². The van der Waals surface area contributed by atoms with E-state index in [4.69, 9.17) is 16.3 Å². The van der Waals surface area contributed by atoms with Crippen molar-refractivity contribution in [2.75, 3.05) is 26.1 Å². The Balaban J connectivity index is 2.08. The summed E-state index contributed by atoms with van der Waals surface area (Å²) in [6, 6.07) is 4.21. The second kappa shape index (κ2) is 6.24. The summed E-state index contributed by atoms with van der Waals surface area (Å²) in [6.07, 6.45) is 1.85. The molecule has 1 aromatic carbocycles. The van der Waals surface area contributed by atoms with E-state index >= 15 is 0 Å². The number of carbonyl (C=O) groups is 1. The third-order valence-corrected chi connectivity index (χ3v) is 3.95. The van der Waals surface area contributed by atoms with Crippen LogP contribution in [0.3, 0.4) is 0 Å². The molecular formula is C14H17ClFNO2. The lowest BCUT2D eigenvalue weighted by Gasteiger charge is -2.31. The molecule has 1 aromatic rings. The molecule has 0 atom stereocenters. The zero-order valence-electron chi connectivity index (χ0n) is 10.9. The number of methoxy groups -OCH3 is 1. The molecule has 5 heteroatoms. The molecule has 3 nitrogen and oxygen atoms in total. The van der Waals surface area contributed by atoms with Crippen molar-refractivity contribution in [3.63, 3.8) is 0 Å². The average molecular weight is 286 g/mol. The highest BCUT2D eigenvalue weighted by Crippen LogP contribution is 2.23. The van der Waals surface area contributed by atoms with E-state index < -0.39 is 5.82 Å². The van der Waals surface area contributed by atoms with Crippen molar-refractivity contribution in [1.29, 1.82) is 0 Å². The lowest BCUT2D eigenvalue weighted by atomic mass is 9.98. The van der Waals surface area contributed by atoms with Crippen LogP contribution >= 0.6 is 11.6 Å². The number of piperidine rings is 1. The summed E-state index contributed by atoms with van der Waals surface area (Å²) >= 11 is 5.82. The first kappa shape index (κ1) is 14.1. The predicted octanol–water partition coefficient (Wildman–Crippen LogP) is 2.93. The SMILES string of the molecule is COc1cc(C(=O)N2CCC(CCl)CC2)ccc1F. The molecule has 0 radical (unpaired) electrons. The minimum Gasteiger partial charge on any atom is -0.494 e. The Morgan fingerprint density at radius 1 is 1.47 bits per heavy atom. The van der Waals surface area contributed by atoms with Gasteiger partial charge in [-0.05, 0) is 37.0 Å². The van der Waals surface area contributed by atoms with Gasteiger partial charge in [-0.2, -0.15) is 0 Å². The third kappa shape index (κ3) is 3.18. The molecule has 2 rings (SSSR count). The van der Waals surface area contributed by atoms with Crippen LogP contribution in [-0.4, -0.2) is 36.9 Å². The Morgan fingerprint density at radius 3 is 2.74 bits per heavy atom. The number of hydrogen-bond donors (Lipinski definition) is 0. The van der Waals surface area contributed by atoms with E-state index in [1.807, 2.05) is 0 Å². The normalized spacial score (nSPS) is 16.5. The fraction of sp³-hybridized carbons (Fsp3) is 0.500. The van der Waals surface area contributed by atoms with E-state index in [1.165, 1.54) is 25.3 Å². The van der Waals surface area contributed by atoms with Gasteiger partial charge in [-0.15, -0.1) is 11.6 Å². The van der Waals surface area contributed by atoms with Crippen molar-refractivity contribution in [1.82, 2.24) is 4.90 Å². The highest BCUT2D eigenvalue weighted by atomic mass is 35.5. The Morgan fingerprint density at radius 2 is 2.16 bits per heavy atom. The monoisotopic (exact) mass is 285 g/mol. The number of benzene rings is 1. The molecular weight excluding hydrogens is 269 g/mol. The second-order valence-electron chi connectivity index (χ2n) is 4.74. The van der Waals surface area contributed by atoms with Crippen LogP contribution in [0.5, 0.6) is 5.75 Å². The van der Waals surface area contributed by atoms with Gasteiger partial charge in [0.15, 0.2) is 11.6 Å². The van der Waals surface area contributed by atoms with Crippen molar-refractivity contribution in [2.45, 2.75) is 12.8 Å². The van der Waals surface area contributed by atoms with Crippen molar-refractivity contribution in [3.8, 4) is 5.75 Å². The maximum Gasteiger partial charge on any atom is 0.253 e. The molecule has 0 aliphatic carbocycles. The van der Waals surface area contributed by atoms with E-state index in [0.717, 1.165) is 12.8 Å². The molecule has 1 saturated heterocycles. The van der Waals surface area contributed by atoms with Gasteiger partial charge in [-0.1, -0.05) is 0 Å². The predicted molar refractivity (Wildman–Crippen MR) is 72.3 cm³/mol. The van der Waals surface area contributed by atoms with E-state index in [0.29, 0.717) is 30.5 Å². The molecule has 0 unspecified atom stereocenters. The molecule has 1 amide bonds. The van der Waals surface area contributed by atoms with Gasteiger partial charge in [0, 0.05) is 24.5 Å². The summed E-state index contributed by atoms with van der Waals surface area (Å²) in [5.74, 6) is 0.702. The Labute approximate surface area is 117 Å². The van der Waals surface area contributed by atoms with Gasteiger partial charge in [-0.3, -0.25) is 4.79 Å². The van der Waals surface area contributed by atoms with Gasteiger partial charge >= 0.3 is 0 Å². The van der Waals surface area contributed by atoms with Crippen LogP contribution in [0.15, 0.2) is 18.2 Å². The topological polar surface area (TPSA) is 29.5 Å². The molecule has 1 aliphatic rings. The van der Waals surface area contributed by atoms with Crippen molar-refractivity contribution in [2.24, 2.45) is 5.92 Å². The van der Waals surface area contributed by atoms with Gasteiger partial charge in [-0.25, -0.2) is 4.39 Å². The zero-order chi connectivity index (χ0) is 13.8. The first-order valence-corrected chi connectivity index (χ1v) is 6.88. The minimum atomic E-state index is -0.458. The smallest absolute Gasteiger partial charge is 0.253 e. The highest BCUT2D eigenvalue weighted by molar-refractivity contribution is 6.18. The number of alkyl halides is 1. The number of halogens is 2. The highest BCUT2D eigenvalue weighted by Gasteiger charge is 2.23. The van der Waals surface area contributed by atoms with Gasteiger partial charge in [0.2, 0.25) is 0 Å². The summed E-state index contributed by atoms with van der Waals surface area (Å²) in [6.45, 7) is 1.41. The molecule has 0 saturated carbocycles. The Hall–Kier alpha value is -1.29. The first-order chi connectivity index (χ1) is 9.15. The first-order valence-electron chi connectivity index (χ1n) is 6.34. The van der Waals surface area contributed by atoms with Gasteiger partial charge in [0.1, 0.15) is 0 Å². The lowest BCUT2D eigenvalue weighted by Crippen LogP contribution is -2.38. The fourth-order valence-corrected chi connectivity index (χ4v) is 2.57. The van der Waals surface area contributed by atoms with Crippen LogP contribution in [0.25, 0.3) is 0 Å². The third-order valence-electron chi connectivity index (χ3n) is 3.52. The van der Waals surface area contributed by atoms with Crippen LogP contribution in [-0.2, 0) is 0 Å². The zero-order valence-corrected chi connectivity index (χ0v) is 11.6. The molecule has 1 aliphatic heterocycles. The summed E-state index contributed by atoms with van der Waals surface area (Å²) in [5, 5.41) is 0. The number of amides is 1. The van der Waals surface area contributed by atoms with Gasteiger partial charge in [0.05, 0.1) is 7.11 Å². The molecule has 1 heterocycles. The summed E-state index contributed by atoms with van der Waals surface area (Å²) in [7, 11) is 1.39. The molecule has 0 spiro atoms. The van der Waals surface area contributed by atoms with E-state index in [-0.39, 0.29) is 11.7 Å². The molecule has 0 aromatic heterocycles. The second-order valence-corrected chi connectivity index (χ2v) is 5.05. The van der Waals surface area contributed by atoms with Crippen LogP contribution in [0.4, 0.5) is 4.39 Å². The summed E-state index contributed by atoms with van der Waals surface area (Å²) in [4.78, 5) is 14.1. The standard InChI is InChI=1S/C14H17ClFNO2/c1-19-13-8-11(2-3-12(13)16)14(18)17-6-4-10(9-15)5-7-17/h2-3,8,10H,4-7,9H2,1H3. The summed E-state index contributed by atoms with van der Waals surface area (Å²) in [5.41, 5.74) is 0.461. The maximum atomic E-state index is 13.3. The van der Waals surface area contributed by atoms with Crippen LogP contribution < -0.4 is 4.74 Å². The fourth-order valence-electron chi connectivity index (χ4n) is 2.27. The molecule has 0 bridgehead atoms. The van der Waals surface area contributed by atoms with Crippen LogP contribution in [0, 0.1) is 11.7 Å². The quantitative estimate of drug-likeness (QED) is 0.799. The largest absolute Gasteiger partial charge is 0.494 e. The number of nitrogens with zero attached hydrogens (tertiary/aromatic N) is 1. The minimum absolute atomic E-state index is 0.0775. The van der Waals surface area contributed by atoms with Crippen LogP contribution in [0.1, 0.15) is 23.2 Å². The Kier molecular flexibility index (Phi) is 4.64. The van der Waals surface area contributed by atoms with Crippen molar-refractivity contribution in [3.05, 3.63) is 29.6 Å².